The van der Waals surface area contributed by atoms with Gasteiger partial charge in [-0.1, -0.05) is 84.8 Å². The van der Waals surface area contributed by atoms with Crippen molar-refractivity contribution >= 4 is 38.1 Å². The summed E-state index contributed by atoms with van der Waals surface area (Å²) in [4.78, 5) is 38.4. The predicted octanol–water partition coefficient (Wildman–Crippen LogP) is 6.20. The summed E-state index contributed by atoms with van der Waals surface area (Å²) in [7, 11) is -3.50. The maximum absolute atomic E-state index is 12.9. The Balaban J connectivity index is 1.01. The fourth-order valence-corrected chi connectivity index (χ4v) is 6.19. The van der Waals surface area contributed by atoms with Crippen LogP contribution < -0.4 is 0 Å². The molecule has 4 aromatic carbocycles. The summed E-state index contributed by atoms with van der Waals surface area (Å²) >= 11 is 0. The molecule has 43 heavy (non-hydrogen) atoms. The van der Waals surface area contributed by atoms with Crippen molar-refractivity contribution < 1.29 is 27.5 Å². The number of ether oxygens (including phenoxy) is 1. The Bertz CT molecular complexity index is 1960. The topological polar surface area (TPSA) is 94.6 Å². The summed E-state index contributed by atoms with van der Waals surface area (Å²) in [5.74, 6) is 10.2. The van der Waals surface area contributed by atoms with Gasteiger partial charge in [0.25, 0.3) is 0 Å². The number of benzene rings is 4. The Labute approximate surface area is 251 Å². The number of carbonyl (C=O) groups is 3. The molecule has 4 aromatic rings. The number of fused-ring (bicyclic) bond motifs is 3. The zero-order valence-corrected chi connectivity index (χ0v) is 24.2. The first-order valence-corrected chi connectivity index (χ1v) is 15.6. The summed E-state index contributed by atoms with van der Waals surface area (Å²) in [5, 5.41) is 1.59. The third kappa shape index (κ3) is 6.75. The van der Waals surface area contributed by atoms with Gasteiger partial charge in [-0.2, -0.15) is 0 Å². The van der Waals surface area contributed by atoms with E-state index in [0.29, 0.717) is 34.3 Å². The van der Waals surface area contributed by atoms with E-state index in [1.807, 2.05) is 30.3 Å². The van der Waals surface area contributed by atoms with Crippen LogP contribution in [-0.4, -0.2) is 38.3 Å². The molecule has 0 N–H and O–H groups in total. The van der Waals surface area contributed by atoms with Crippen LogP contribution in [-0.2, 0) is 14.6 Å². The van der Waals surface area contributed by atoms with E-state index in [2.05, 4.69) is 23.7 Å². The molecule has 1 aliphatic carbocycles. The van der Waals surface area contributed by atoms with Crippen LogP contribution in [0.3, 0.4) is 0 Å². The van der Waals surface area contributed by atoms with Gasteiger partial charge in [-0.25, -0.2) is 13.2 Å². The van der Waals surface area contributed by atoms with E-state index in [9.17, 15) is 22.8 Å². The predicted molar refractivity (Wildman–Crippen MR) is 165 cm³/mol. The summed E-state index contributed by atoms with van der Waals surface area (Å²) in [5.41, 5.74) is 1.35. The number of sulfone groups is 1. The van der Waals surface area contributed by atoms with E-state index < -0.39 is 15.8 Å². The standard InChI is InChI=1S/C36H28O6S/c37-34-29-18-10-11-19-30(29)35(38)32-25-27(21-22-31(32)34)36(39)42-23-12-6-4-2-1-3-5-7-13-24-43(40,41)33-20-14-16-26-15-8-9-17-28(26)33/h8-11,14-22,25H,1-5,23-24H2. The van der Waals surface area contributed by atoms with Crippen LogP contribution in [0.25, 0.3) is 10.8 Å². The van der Waals surface area contributed by atoms with Crippen molar-refractivity contribution in [1.82, 2.24) is 0 Å². The molecular formula is C36H28O6S. The molecule has 0 atom stereocenters. The van der Waals surface area contributed by atoms with Crippen LogP contribution in [0.4, 0.5) is 0 Å². The maximum Gasteiger partial charge on any atom is 0.339 e. The summed E-state index contributed by atoms with van der Waals surface area (Å²) in [6.07, 6.45) is 3.82. The van der Waals surface area contributed by atoms with Gasteiger partial charge in [0.05, 0.1) is 10.5 Å². The molecule has 5 rings (SSSR count). The van der Waals surface area contributed by atoms with Gasteiger partial charge in [-0.15, -0.1) is 5.92 Å². The molecule has 0 spiro atoms. The quantitative estimate of drug-likeness (QED) is 0.122. The molecule has 0 unspecified atom stereocenters. The highest BCUT2D eigenvalue weighted by atomic mass is 32.2. The number of rotatable bonds is 8. The highest BCUT2D eigenvalue weighted by Gasteiger charge is 2.30. The molecule has 0 radical (unpaired) electrons. The van der Waals surface area contributed by atoms with Crippen LogP contribution >= 0.6 is 0 Å². The SMILES string of the molecule is O=C(OCC#CCCCCCC#CCS(=O)(=O)c1cccc2ccccc12)c1ccc2c(c1)C(=O)c1ccccc1C2=O. The lowest BCUT2D eigenvalue weighted by Gasteiger charge is -2.17. The smallest absolute Gasteiger partial charge is 0.339 e. The average molecular weight is 589 g/mol. The fourth-order valence-electron chi connectivity index (χ4n) is 4.93. The van der Waals surface area contributed by atoms with Crippen LogP contribution in [0, 0.1) is 23.7 Å². The van der Waals surface area contributed by atoms with E-state index in [0.717, 1.165) is 24.6 Å². The normalized spacial score (nSPS) is 11.9. The maximum atomic E-state index is 12.9. The zero-order valence-electron chi connectivity index (χ0n) is 23.4. The minimum Gasteiger partial charge on any atom is -0.449 e. The molecule has 1 aliphatic rings. The van der Waals surface area contributed by atoms with Gasteiger partial charge in [-0.05, 0) is 42.5 Å². The molecule has 0 fully saturated rings. The monoisotopic (exact) mass is 588 g/mol. The molecule has 0 aliphatic heterocycles. The molecule has 0 heterocycles. The summed E-state index contributed by atoms with van der Waals surface area (Å²) in [6, 6.07) is 23.7. The van der Waals surface area contributed by atoms with Crippen molar-refractivity contribution in [1.29, 1.82) is 0 Å². The number of carbonyl (C=O) groups excluding carboxylic acids is 3. The molecule has 7 heteroatoms. The van der Waals surface area contributed by atoms with Crippen molar-refractivity contribution in [3.8, 4) is 23.7 Å². The summed E-state index contributed by atoms with van der Waals surface area (Å²) < 4.78 is 30.8. The molecule has 0 saturated heterocycles. The van der Waals surface area contributed by atoms with Crippen molar-refractivity contribution in [3.63, 3.8) is 0 Å². The second-order valence-corrected chi connectivity index (χ2v) is 12.0. The number of esters is 1. The highest BCUT2D eigenvalue weighted by Crippen LogP contribution is 2.28. The van der Waals surface area contributed by atoms with E-state index in [-0.39, 0.29) is 40.6 Å². The van der Waals surface area contributed by atoms with Crippen LogP contribution in [0.2, 0.25) is 0 Å². The van der Waals surface area contributed by atoms with E-state index in [1.165, 1.54) is 18.2 Å². The van der Waals surface area contributed by atoms with E-state index in [1.54, 1.807) is 36.4 Å². The highest BCUT2D eigenvalue weighted by molar-refractivity contribution is 7.91. The second-order valence-electron chi connectivity index (χ2n) is 10.0. The molecule has 0 amide bonds. The lowest BCUT2D eigenvalue weighted by Crippen LogP contribution is -2.21. The minimum absolute atomic E-state index is 0.0811. The zero-order chi connectivity index (χ0) is 30.2. The van der Waals surface area contributed by atoms with Gasteiger partial charge < -0.3 is 4.74 Å². The van der Waals surface area contributed by atoms with Crippen LogP contribution in [0.5, 0.6) is 0 Å². The second kappa shape index (κ2) is 13.3. The molecule has 6 nitrogen and oxygen atoms in total. The van der Waals surface area contributed by atoms with Gasteiger partial charge >= 0.3 is 5.97 Å². The number of hydrogen-bond acceptors (Lipinski definition) is 6. The Hall–Kier alpha value is -4.98. The average Bonchev–Trinajstić information content (AvgIpc) is 3.03. The Kier molecular flexibility index (Phi) is 9.15. The molecule has 214 valence electrons. The van der Waals surface area contributed by atoms with E-state index in [4.69, 9.17) is 4.74 Å². The third-order valence-corrected chi connectivity index (χ3v) is 8.69. The van der Waals surface area contributed by atoms with Crippen molar-refractivity contribution in [3.05, 3.63) is 113 Å². The summed E-state index contributed by atoms with van der Waals surface area (Å²) in [6.45, 7) is -0.0811. The van der Waals surface area contributed by atoms with Crippen LogP contribution in [0.15, 0.2) is 89.8 Å². The van der Waals surface area contributed by atoms with Gasteiger partial charge in [0.2, 0.25) is 0 Å². The molecule has 0 aromatic heterocycles. The van der Waals surface area contributed by atoms with Gasteiger partial charge in [0.15, 0.2) is 28.0 Å². The molecular weight excluding hydrogens is 560 g/mol. The molecule has 0 saturated carbocycles. The van der Waals surface area contributed by atoms with Crippen molar-refractivity contribution in [2.75, 3.05) is 12.4 Å². The Morgan fingerprint density at radius 2 is 1.28 bits per heavy atom. The first-order valence-electron chi connectivity index (χ1n) is 14.0. The van der Waals surface area contributed by atoms with Gasteiger partial charge in [0.1, 0.15) is 5.75 Å². The minimum atomic E-state index is -3.50. The first kappa shape index (κ1) is 29.5. The first-order chi connectivity index (χ1) is 20.9. The van der Waals surface area contributed by atoms with Crippen molar-refractivity contribution in [2.45, 2.75) is 37.0 Å². The number of unbranched alkanes of at least 4 members (excludes halogenated alkanes) is 4. The van der Waals surface area contributed by atoms with Gasteiger partial charge in [0, 0.05) is 40.5 Å². The van der Waals surface area contributed by atoms with Crippen molar-refractivity contribution in [2.24, 2.45) is 0 Å². The lowest BCUT2D eigenvalue weighted by atomic mass is 9.83. The van der Waals surface area contributed by atoms with Gasteiger partial charge in [-0.3, -0.25) is 9.59 Å². The number of ketones is 2. The largest absolute Gasteiger partial charge is 0.449 e. The third-order valence-electron chi connectivity index (χ3n) is 7.14. The Morgan fingerprint density at radius 1 is 0.651 bits per heavy atom. The fraction of sp³-hybridized carbons (Fsp3) is 0.194. The Morgan fingerprint density at radius 3 is 2.05 bits per heavy atom. The van der Waals surface area contributed by atoms with Crippen LogP contribution in [0.1, 0.15) is 74.3 Å². The lowest BCUT2D eigenvalue weighted by molar-refractivity contribution is 0.0556. The van der Waals surface area contributed by atoms with E-state index >= 15 is 0 Å². The number of hydrogen-bond donors (Lipinski definition) is 0. The molecule has 0 bridgehead atoms.